The minimum Gasteiger partial charge on any atom is -0.497 e. The van der Waals surface area contributed by atoms with Gasteiger partial charge in [-0.25, -0.2) is 4.79 Å². The van der Waals surface area contributed by atoms with Crippen LogP contribution in [0.25, 0.3) is 12.2 Å². The lowest BCUT2D eigenvalue weighted by molar-refractivity contribution is -0.131. The van der Waals surface area contributed by atoms with Crippen LogP contribution in [0, 0.1) is 0 Å². The third-order valence-electron chi connectivity index (χ3n) is 4.02. The summed E-state index contributed by atoms with van der Waals surface area (Å²) < 4.78 is 10.0. The molecule has 2 N–H and O–H groups in total. The van der Waals surface area contributed by atoms with Crippen LogP contribution in [0.2, 0.25) is 0 Å². The minimum absolute atomic E-state index is 0.179. The molecule has 0 saturated carbocycles. The van der Waals surface area contributed by atoms with Crippen molar-refractivity contribution in [1.82, 2.24) is 4.98 Å². The number of aromatic nitrogens is 1. The summed E-state index contributed by atoms with van der Waals surface area (Å²) in [7, 11) is 3.20. The third kappa shape index (κ3) is 8.96. The highest BCUT2D eigenvalue weighted by Gasteiger charge is 1.97. The zero-order valence-corrected chi connectivity index (χ0v) is 17.8. The quantitative estimate of drug-likeness (QED) is 0.532. The van der Waals surface area contributed by atoms with Gasteiger partial charge < -0.3 is 19.9 Å². The molecule has 0 aliphatic carbocycles. The summed E-state index contributed by atoms with van der Waals surface area (Å²) in [6.07, 6.45) is 9.12. The molecule has 7 nitrogen and oxygen atoms in total. The van der Waals surface area contributed by atoms with Crippen LogP contribution in [-0.4, -0.2) is 36.2 Å². The van der Waals surface area contributed by atoms with Crippen LogP contribution in [0.4, 0.5) is 5.69 Å². The Morgan fingerprint density at radius 3 is 1.69 bits per heavy atom. The van der Waals surface area contributed by atoms with E-state index in [0.29, 0.717) is 0 Å². The predicted molar refractivity (Wildman–Crippen MR) is 125 cm³/mol. The van der Waals surface area contributed by atoms with Crippen LogP contribution >= 0.6 is 0 Å². The number of carbonyl (C=O) groups is 2. The second kappa shape index (κ2) is 13.0. The first kappa shape index (κ1) is 23.9. The lowest BCUT2D eigenvalue weighted by atomic mass is 10.2. The Hall–Kier alpha value is -4.39. The fourth-order valence-electron chi connectivity index (χ4n) is 2.39. The maximum atomic E-state index is 11.7. The largest absolute Gasteiger partial charge is 0.497 e. The summed E-state index contributed by atoms with van der Waals surface area (Å²) in [6, 6.07) is 18.1. The van der Waals surface area contributed by atoms with Crippen molar-refractivity contribution in [3.05, 3.63) is 96.3 Å². The summed E-state index contributed by atoms with van der Waals surface area (Å²) in [5, 5.41) is 11.1. The molecule has 0 radical (unpaired) electrons. The number of pyridine rings is 1. The average Bonchev–Trinajstić information content (AvgIpc) is 2.83. The molecule has 0 aliphatic rings. The van der Waals surface area contributed by atoms with Crippen molar-refractivity contribution in [3.63, 3.8) is 0 Å². The van der Waals surface area contributed by atoms with Crippen molar-refractivity contribution >= 4 is 29.7 Å². The number of carboxylic acids is 1. The lowest BCUT2D eigenvalue weighted by Crippen LogP contribution is -2.07. The summed E-state index contributed by atoms with van der Waals surface area (Å²) in [4.78, 5) is 25.7. The molecule has 164 valence electrons. The zero-order valence-electron chi connectivity index (χ0n) is 17.8. The maximum Gasteiger partial charge on any atom is 0.328 e. The zero-order chi connectivity index (χ0) is 23.2. The SMILES string of the molecule is COc1ccc(/C=C/C(=O)Nc2ccncc2)cc1.COc1ccc(/C=C/C(=O)O)cc1. The molecule has 1 heterocycles. The highest BCUT2D eigenvalue weighted by atomic mass is 16.5. The minimum atomic E-state index is -0.948. The van der Waals surface area contributed by atoms with Crippen LogP contribution in [0.3, 0.4) is 0 Å². The monoisotopic (exact) mass is 432 g/mol. The molecule has 0 spiro atoms. The molecule has 2 aromatic carbocycles. The predicted octanol–water partition coefficient (Wildman–Crippen LogP) is 4.54. The van der Waals surface area contributed by atoms with Crippen molar-refractivity contribution in [1.29, 1.82) is 0 Å². The Kier molecular flexibility index (Phi) is 9.72. The molecule has 32 heavy (non-hydrogen) atoms. The van der Waals surface area contributed by atoms with Crippen molar-refractivity contribution in [2.45, 2.75) is 0 Å². The van der Waals surface area contributed by atoms with Gasteiger partial charge in [0.05, 0.1) is 14.2 Å². The van der Waals surface area contributed by atoms with Crippen LogP contribution in [0.1, 0.15) is 11.1 Å². The number of carboxylic acid groups (broad SMARTS) is 1. The molecule has 0 aliphatic heterocycles. The number of hydrogen-bond donors (Lipinski definition) is 2. The van der Waals surface area contributed by atoms with Crippen LogP contribution in [0.15, 0.2) is 85.2 Å². The van der Waals surface area contributed by atoms with Gasteiger partial charge in [0.15, 0.2) is 0 Å². The maximum absolute atomic E-state index is 11.7. The Balaban J connectivity index is 0.000000244. The van der Waals surface area contributed by atoms with E-state index >= 15 is 0 Å². The molecular formula is C25H24N2O5. The van der Waals surface area contributed by atoms with E-state index in [9.17, 15) is 9.59 Å². The number of nitrogens with one attached hydrogen (secondary N) is 1. The molecule has 0 bridgehead atoms. The van der Waals surface area contributed by atoms with E-state index < -0.39 is 5.97 Å². The number of rotatable bonds is 7. The molecule has 0 fully saturated rings. The van der Waals surface area contributed by atoms with Crippen LogP contribution in [-0.2, 0) is 9.59 Å². The van der Waals surface area contributed by atoms with Gasteiger partial charge in [0.25, 0.3) is 0 Å². The van der Waals surface area contributed by atoms with E-state index in [1.165, 1.54) is 12.2 Å². The number of hydrogen-bond acceptors (Lipinski definition) is 5. The number of aliphatic carboxylic acids is 1. The number of anilines is 1. The van der Waals surface area contributed by atoms with E-state index in [-0.39, 0.29) is 5.91 Å². The van der Waals surface area contributed by atoms with Crippen LogP contribution < -0.4 is 14.8 Å². The van der Waals surface area contributed by atoms with E-state index in [2.05, 4.69) is 10.3 Å². The van der Waals surface area contributed by atoms with Crippen LogP contribution in [0.5, 0.6) is 11.5 Å². The number of methoxy groups -OCH3 is 2. The average molecular weight is 432 g/mol. The smallest absolute Gasteiger partial charge is 0.328 e. The van der Waals surface area contributed by atoms with E-state index in [0.717, 1.165) is 34.4 Å². The van der Waals surface area contributed by atoms with Crippen molar-refractivity contribution in [2.24, 2.45) is 0 Å². The van der Waals surface area contributed by atoms with E-state index in [1.807, 2.05) is 24.3 Å². The molecule has 0 saturated heterocycles. The number of ether oxygens (including phenoxy) is 2. The lowest BCUT2D eigenvalue weighted by Gasteiger charge is -2.01. The van der Waals surface area contributed by atoms with Gasteiger partial charge >= 0.3 is 5.97 Å². The second-order valence-electron chi connectivity index (χ2n) is 6.28. The summed E-state index contributed by atoms with van der Waals surface area (Å²) in [5.74, 6) is 0.420. The Labute approximate surface area is 186 Å². The van der Waals surface area contributed by atoms with Gasteiger partial charge in [-0.1, -0.05) is 24.3 Å². The third-order valence-corrected chi connectivity index (χ3v) is 4.02. The fraction of sp³-hybridized carbons (Fsp3) is 0.0800. The number of amides is 1. The Morgan fingerprint density at radius 2 is 1.25 bits per heavy atom. The van der Waals surface area contributed by atoms with E-state index in [1.54, 1.807) is 69.1 Å². The van der Waals surface area contributed by atoms with Gasteiger partial charge in [-0.15, -0.1) is 0 Å². The number of nitrogens with zero attached hydrogens (tertiary/aromatic N) is 1. The van der Waals surface area contributed by atoms with Gasteiger partial charge in [-0.2, -0.15) is 0 Å². The number of carbonyl (C=O) groups excluding carboxylic acids is 1. The number of benzene rings is 2. The molecule has 3 aromatic rings. The summed E-state index contributed by atoms with van der Waals surface area (Å²) in [5.41, 5.74) is 2.49. The highest BCUT2D eigenvalue weighted by molar-refractivity contribution is 6.01. The second-order valence-corrected chi connectivity index (χ2v) is 6.28. The first-order chi connectivity index (χ1) is 15.5. The van der Waals surface area contributed by atoms with Crippen molar-refractivity contribution < 1.29 is 24.2 Å². The Morgan fingerprint density at radius 1 is 0.781 bits per heavy atom. The highest BCUT2D eigenvalue weighted by Crippen LogP contribution is 2.13. The summed E-state index contributed by atoms with van der Waals surface area (Å²) in [6.45, 7) is 0. The Bertz CT molecular complexity index is 1040. The molecular weight excluding hydrogens is 408 g/mol. The molecule has 3 rings (SSSR count). The normalized spacial score (nSPS) is 10.3. The van der Waals surface area contributed by atoms with Gasteiger partial charge in [-0.3, -0.25) is 9.78 Å². The first-order valence-electron chi connectivity index (χ1n) is 9.58. The van der Waals surface area contributed by atoms with E-state index in [4.69, 9.17) is 14.6 Å². The van der Waals surface area contributed by atoms with Crippen molar-refractivity contribution in [3.8, 4) is 11.5 Å². The fourth-order valence-corrected chi connectivity index (χ4v) is 2.39. The van der Waals surface area contributed by atoms with Gasteiger partial charge in [0, 0.05) is 30.2 Å². The first-order valence-corrected chi connectivity index (χ1v) is 9.58. The summed E-state index contributed by atoms with van der Waals surface area (Å²) >= 11 is 0. The molecule has 1 aromatic heterocycles. The standard InChI is InChI=1S/C15H14N2O2.C10H10O3/c1-19-14-5-2-12(3-6-14)4-7-15(18)17-13-8-10-16-11-9-13;1-13-9-5-2-8(3-6-9)4-7-10(11)12/h2-11H,1H3,(H,16,17,18);2-7H,1H3,(H,11,12)/b2*7-4+. The molecule has 1 amide bonds. The topological polar surface area (TPSA) is 97.8 Å². The molecule has 0 unspecified atom stereocenters. The molecule has 7 heteroatoms. The van der Waals surface area contributed by atoms with Gasteiger partial charge in [-0.05, 0) is 59.7 Å². The van der Waals surface area contributed by atoms with Gasteiger partial charge in [0.1, 0.15) is 11.5 Å². The van der Waals surface area contributed by atoms with Gasteiger partial charge in [0.2, 0.25) is 5.91 Å². The van der Waals surface area contributed by atoms with Crippen molar-refractivity contribution in [2.75, 3.05) is 19.5 Å². The molecule has 0 atom stereocenters.